The number of halogens is 3. The number of fused-ring (bicyclic) bond motifs is 1. The molecule has 29 heavy (non-hydrogen) atoms. The van der Waals surface area contributed by atoms with Crippen molar-refractivity contribution in [1.82, 2.24) is 10.3 Å². The quantitative estimate of drug-likeness (QED) is 0.614. The van der Waals surface area contributed by atoms with Crippen molar-refractivity contribution in [1.29, 1.82) is 0 Å². The van der Waals surface area contributed by atoms with E-state index in [2.05, 4.69) is 10.3 Å². The summed E-state index contributed by atoms with van der Waals surface area (Å²) >= 11 is 0.847. The van der Waals surface area contributed by atoms with Gasteiger partial charge in [0.2, 0.25) is 0 Å². The van der Waals surface area contributed by atoms with Gasteiger partial charge in [-0.15, -0.1) is 11.3 Å². The van der Waals surface area contributed by atoms with Crippen LogP contribution in [0.15, 0.2) is 30.3 Å². The van der Waals surface area contributed by atoms with Crippen molar-refractivity contribution in [2.24, 2.45) is 0 Å². The zero-order chi connectivity index (χ0) is 21.6. The first-order chi connectivity index (χ1) is 13.4. The lowest BCUT2D eigenvalue weighted by atomic mass is 10.0. The molecule has 0 saturated carbocycles. The third kappa shape index (κ3) is 4.29. The number of pyridine rings is 1. The Kier molecular flexibility index (Phi) is 5.20. The summed E-state index contributed by atoms with van der Waals surface area (Å²) in [5.41, 5.74) is 4.91. The molecule has 0 aliphatic rings. The molecule has 0 spiro atoms. The minimum Gasteiger partial charge on any atom is -0.497 e. The smallest absolute Gasteiger partial charge is 0.417 e. The molecule has 3 N–H and O–H groups in total. The molecule has 0 aliphatic carbocycles. The Hall–Kier alpha value is -2.81. The molecule has 0 saturated heterocycles. The number of aromatic nitrogens is 1. The van der Waals surface area contributed by atoms with Crippen LogP contribution in [0.2, 0.25) is 0 Å². The van der Waals surface area contributed by atoms with E-state index in [1.807, 2.05) is 0 Å². The van der Waals surface area contributed by atoms with Crippen LogP contribution >= 0.6 is 11.3 Å². The van der Waals surface area contributed by atoms with Gasteiger partial charge in [0.15, 0.2) is 0 Å². The van der Waals surface area contributed by atoms with Gasteiger partial charge < -0.3 is 15.8 Å². The predicted molar refractivity (Wildman–Crippen MR) is 108 cm³/mol. The van der Waals surface area contributed by atoms with E-state index in [4.69, 9.17) is 10.5 Å². The van der Waals surface area contributed by atoms with Gasteiger partial charge in [-0.25, -0.2) is 4.98 Å². The number of rotatable bonds is 3. The van der Waals surface area contributed by atoms with Gasteiger partial charge in [0.05, 0.1) is 24.1 Å². The van der Waals surface area contributed by atoms with Crippen LogP contribution < -0.4 is 15.8 Å². The molecule has 0 aliphatic heterocycles. The molecule has 2 aromatic heterocycles. The number of amides is 1. The number of ether oxygens (including phenoxy) is 1. The number of carbonyl (C=O) groups excluding carboxylic acids is 1. The zero-order valence-electron chi connectivity index (χ0n) is 16.3. The molecule has 0 fully saturated rings. The Labute approximate surface area is 169 Å². The van der Waals surface area contributed by atoms with Crippen molar-refractivity contribution < 1.29 is 22.7 Å². The summed E-state index contributed by atoms with van der Waals surface area (Å²) in [6.07, 6.45) is -4.66. The normalized spacial score (nSPS) is 12.2. The summed E-state index contributed by atoms with van der Waals surface area (Å²) < 4.78 is 46.5. The number of benzene rings is 1. The summed E-state index contributed by atoms with van der Waals surface area (Å²) in [6, 6.07) is 7.48. The third-order valence-corrected chi connectivity index (χ3v) is 5.18. The Morgan fingerprint density at radius 2 is 1.79 bits per heavy atom. The van der Waals surface area contributed by atoms with Gasteiger partial charge in [-0.2, -0.15) is 13.2 Å². The van der Waals surface area contributed by atoms with Crippen LogP contribution in [-0.4, -0.2) is 23.5 Å². The molecule has 0 unspecified atom stereocenters. The van der Waals surface area contributed by atoms with Gasteiger partial charge in [-0.05, 0) is 51.1 Å². The highest BCUT2D eigenvalue weighted by Gasteiger charge is 2.36. The number of nitrogens with one attached hydrogen (secondary N) is 1. The van der Waals surface area contributed by atoms with Crippen LogP contribution in [0.5, 0.6) is 5.75 Å². The lowest BCUT2D eigenvalue weighted by Gasteiger charge is -2.20. The second-order valence-corrected chi connectivity index (χ2v) is 8.51. The molecule has 3 rings (SSSR count). The van der Waals surface area contributed by atoms with E-state index in [1.54, 1.807) is 45.0 Å². The van der Waals surface area contributed by atoms with Crippen molar-refractivity contribution in [3.63, 3.8) is 0 Å². The minimum absolute atomic E-state index is 0.0137. The number of anilines is 1. The first kappa shape index (κ1) is 20.9. The molecule has 154 valence electrons. The number of nitrogens with zero attached hydrogens (tertiary/aromatic N) is 1. The summed E-state index contributed by atoms with van der Waals surface area (Å²) in [4.78, 5) is 17.0. The van der Waals surface area contributed by atoms with E-state index >= 15 is 0 Å². The van der Waals surface area contributed by atoms with Crippen LogP contribution in [0.1, 0.15) is 36.0 Å². The lowest BCUT2D eigenvalue weighted by molar-refractivity contribution is -0.136. The topological polar surface area (TPSA) is 77.2 Å². The SMILES string of the molecule is COc1ccc(-c2cc(C(F)(F)F)c3c(N)c(C(=O)NC(C)(C)C)sc3n2)cc1. The van der Waals surface area contributed by atoms with Crippen molar-refractivity contribution in [3.8, 4) is 17.0 Å². The van der Waals surface area contributed by atoms with Crippen LogP contribution in [0.4, 0.5) is 18.9 Å². The number of methoxy groups -OCH3 is 1. The van der Waals surface area contributed by atoms with Crippen molar-refractivity contribution >= 4 is 33.1 Å². The van der Waals surface area contributed by atoms with E-state index in [1.165, 1.54) is 7.11 Å². The highest BCUT2D eigenvalue weighted by molar-refractivity contribution is 7.21. The summed E-state index contributed by atoms with van der Waals surface area (Å²) in [6.45, 7) is 5.32. The highest BCUT2D eigenvalue weighted by atomic mass is 32.1. The molecule has 9 heteroatoms. The fourth-order valence-corrected chi connectivity index (χ4v) is 3.84. The second kappa shape index (κ2) is 7.22. The molecule has 2 heterocycles. The highest BCUT2D eigenvalue weighted by Crippen LogP contribution is 2.43. The van der Waals surface area contributed by atoms with Crippen molar-refractivity contribution in [3.05, 3.63) is 40.8 Å². The summed E-state index contributed by atoms with van der Waals surface area (Å²) in [5, 5.41) is 2.47. The largest absolute Gasteiger partial charge is 0.497 e. The Morgan fingerprint density at radius 3 is 2.31 bits per heavy atom. The molecule has 1 amide bonds. The minimum atomic E-state index is -4.66. The molecular weight excluding hydrogens is 403 g/mol. The van der Waals surface area contributed by atoms with Crippen molar-refractivity contribution in [2.45, 2.75) is 32.5 Å². The Morgan fingerprint density at radius 1 is 1.17 bits per heavy atom. The standard InChI is InChI=1S/C20H20F3N3O2S/c1-19(2,3)26-17(27)16-15(24)14-12(20(21,22)23)9-13(25-18(14)29-16)10-5-7-11(28-4)8-6-10/h5-9H,24H2,1-4H3,(H,26,27). The van der Waals surface area contributed by atoms with Crippen molar-refractivity contribution in [2.75, 3.05) is 12.8 Å². The van der Waals surface area contributed by atoms with Gasteiger partial charge in [-0.1, -0.05) is 0 Å². The second-order valence-electron chi connectivity index (χ2n) is 7.51. The average molecular weight is 423 g/mol. The van der Waals surface area contributed by atoms with E-state index in [0.29, 0.717) is 11.3 Å². The Bertz CT molecular complexity index is 1070. The Balaban J connectivity index is 2.21. The van der Waals surface area contributed by atoms with Crippen LogP contribution in [0, 0.1) is 0 Å². The fourth-order valence-electron chi connectivity index (χ4n) is 2.82. The predicted octanol–water partition coefficient (Wildman–Crippen LogP) is 5.10. The maximum atomic E-state index is 13.8. The van der Waals surface area contributed by atoms with E-state index < -0.39 is 23.2 Å². The first-order valence-corrected chi connectivity index (χ1v) is 9.49. The molecule has 3 aromatic rings. The summed E-state index contributed by atoms with van der Waals surface area (Å²) in [7, 11) is 1.50. The van der Waals surface area contributed by atoms with E-state index in [9.17, 15) is 18.0 Å². The monoisotopic (exact) mass is 423 g/mol. The number of nitrogens with two attached hydrogens (primary N) is 1. The maximum absolute atomic E-state index is 13.8. The molecule has 0 atom stereocenters. The van der Waals surface area contributed by atoms with Gasteiger partial charge >= 0.3 is 6.18 Å². The fraction of sp³-hybridized carbons (Fsp3) is 0.300. The number of nitrogen functional groups attached to an aromatic ring is 1. The average Bonchev–Trinajstić information content (AvgIpc) is 2.96. The molecule has 5 nitrogen and oxygen atoms in total. The molecule has 0 radical (unpaired) electrons. The van der Waals surface area contributed by atoms with E-state index in [0.717, 1.165) is 17.4 Å². The van der Waals surface area contributed by atoms with Crippen LogP contribution in [0.3, 0.4) is 0 Å². The van der Waals surface area contributed by atoms with E-state index in [-0.39, 0.29) is 26.5 Å². The number of thiophene rings is 1. The van der Waals surface area contributed by atoms with Gasteiger partial charge in [0.1, 0.15) is 15.5 Å². The molecular formula is C20H20F3N3O2S. The van der Waals surface area contributed by atoms with Crippen LogP contribution in [0.25, 0.3) is 21.5 Å². The number of hydrogen-bond acceptors (Lipinski definition) is 5. The maximum Gasteiger partial charge on any atom is 0.417 e. The number of alkyl halides is 3. The molecule has 0 bridgehead atoms. The van der Waals surface area contributed by atoms with Crippen LogP contribution in [-0.2, 0) is 6.18 Å². The first-order valence-electron chi connectivity index (χ1n) is 8.68. The van der Waals surface area contributed by atoms with Gasteiger partial charge in [-0.3, -0.25) is 4.79 Å². The summed E-state index contributed by atoms with van der Waals surface area (Å²) in [5.74, 6) is 0.0458. The number of carbonyl (C=O) groups is 1. The lowest BCUT2D eigenvalue weighted by Crippen LogP contribution is -2.40. The van der Waals surface area contributed by atoms with Gasteiger partial charge in [0, 0.05) is 16.5 Å². The zero-order valence-corrected chi connectivity index (χ0v) is 17.1. The molecule has 1 aromatic carbocycles. The van der Waals surface area contributed by atoms with Gasteiger partial charge in [0.25, 0.3) is 5.91 Å². The number of hydrogen-bond donors (Lipinski definition) is 2. The third-order valence-electron chi connectivity index (χ3n) is 4.08.